The molecule has 106 valence electrons. The topological polar surface area (TPSA) is 24.9 Å². The maximum atomic E-state index is 4.45. The second kappa shape index (κ2) is 6.51. The molecule has 0 fully saturated rings. The second-order valence-electron chi connectivity index (χ2n) is 5.28. The molecule has 0 aliphatic carbocycles. The second-order valence-corrected chi connectivity index (χ2v) is 5.28. The summed E-state index contributed by atoms with van der Waals surface area (Å²) in [6.07, 6.45) is 4.00. The van der Waals surface area contributed by atoms with Crippen molar-refractivity contribution < 1.29 is 0 Å². The van der Waals surface area contributed by atoms with E-state index in [2.05, 4.69) is 64.9 Å². The van der Waals surface area contributed by atoms with E-state index in [1.807, 2.05) is 19.3 Å². The Balaban J connectivity index is 1.85. The van der Waals surface area contributed by atoms with E-state index in [0.717, 1.165) is 18.4 Å². The van der Waals surface area contributed by atoms with E-state index in [4.69, 9.17) is 0 Å². The lowest BCUT2D eigenvalue weighted by atomic mass is 9.96. The highest BCUT2D eigenvalue weighted by atomic mass is 14.9. The third-order valence-electron chi connectivity index (χ3n) is 3.97. The standard InChI is InChI=1S/C19H20N2/c1-20-18(13-12-15-7-3-2-4-8-15)16-9-5-11-19-17(16)10-6-14-21-19/h2-11,14,18,20H,12-13H2,1H3. The van der Waals surface area contributed by atoms with Gasteiger partial charge < -0.3 is 5.32 Å². The summed E-state index contributed by atoms with van der Waals surface area (Å²) in [6, 6.07) is 21.5. The molecule has 1 atom stereocenters. The van der Waals surface area contributed by atoms with Gasteiger partial charge in [0.1, 0.15) is 0 Å². The number of rotatable bonds is 5. The maximum absolute atomic E-state index is 4.45. The molecule has 21 heavy (non-hydrogen) atoms. The summed E-state index contributed by atoms with van der Waals surface area (Å²) in [5.74, 6) is 0. The van der Waals surface area contributed by atoms with Crippen LogP contribution in [0.15, 0.2) is 66.9 Å². The molecule has 0 saturated carbocycles. The lowest BCUT2D eigenvalue weighted by molar-refractivity contribution is 0.553. The molecule has 2 aromatic carbocycles. The Hall–Kier alpha value is -2.19. The van der Waals surface area contributed by atoms with E-state index in [1.54, 1.807) is 0 Å². The van der Waals surface area contributed by atoms with Crippen molar-refractivity contribution >= 4 is 10.9 Å². The molecule has 0 aliphatic rings. The van der Waals surface area contributed by atoms with Gasteiger partial charge in [0.25, 0.3) is 0 Å². The summed E-state index contributed by atoms with van der Waals surface area (Å²) in [7, 11) is 2.03. The molecule has 0 spiro atoms. The first-order valence-corrected chi connectivity index (χ1v) is 7.43. The fraction of sp³-hybridized carbons (Fsp3) is 0.211. The van der Waals surface area contributed by atoms with Gasteiger partial charge in [0.15, 0.2) is 0 Å². The summed E-state index contributed by atoms with van der Waals surface area (Å²) < 4.78 is 0. The van der Waals surface area contributed by atoms with Crippen LogP contribution in [0.1, 0.15) is 23.6 Å². The monoisotopic (exact) mass is 276 g/mol. The number of benzene rings is 2. The third kappa shape index (κ3) is 3.11. The Kier molecular flexibility index (Phi) is 4.27. The molecule has 3 aromatic rings. The van der Waals surface area contributed by atoms with Crippen molar-refractivity contribution in [2.24, 2.45) is 0 Å². The van der Waals surface area contributed by atoms with Crippen molar-refractivity contribution in [2.45, 2.75) is 18.9 Å². The van der Waals surface area contributed by atoms with Gasteiger partial charge in [-0.1, -0.05) is 48.5 Å². The average Bonchev–Trinajstić information content (AvgIpc) is 2.56. The Morgan fingerprint density at radius 2 is 1.81 bits per heavy atom. The maximum Gasteiger partial charge on any atom is 0.0705 e. The molecular weight excluding hydrogens is 256 g/mol. The molecule has 1 aromatic heterocycles. The lowest BCUT2D eigenvalue weighted by Crippen LogP contribution is -2.17. The minimum atomic E-state index is 0.345. The van der Waals surface area contributed by atoms with Crippen LogP contribution in [0.2, 0.25) is 0 Å². The zero-order chi connectivity index (χ0) is 14.5. The van der Waals surface area contributed by atoms with Crippen LogP contribution in [0, 0.1) is 0 Å². The van der Waals surface area contributed by atoms with E-state index in [9.17, 15) is 0 Å². The highest BCUT2D eigenvalue weighted by molar-refractivity contribution is 5.82. The zero-order valence-corrected chi connectivity index (χ0v) is 12.3. The van der Waals surface area contributed by atoms with Gasteiger partial charge in [-0.2, -0.15) is 0 Å². The van der Waals surface area contributed by atoms with E-state index in [1.165, 1.54) is 16.5 Å². The number of aromatic nitrogens is 1. The predicted octanol–water partition coefficient (Wildman–Crippen LogP) is 4.13. The summed E-state index contributed by atoms with van der Waals surface area (Å²) in [5.41, 5.74) is 3.78. The summed E-state index contributed by atoms with van der Waals surface area (Å²) >= 11 is 0. The number of hydrogen-bond donors (Lipinski definition) is 1. The summed E-state index contributed by atoms with van der Waals surface area (Å²) in [5, 5.41) is 4.70. The highest BCUT2D eigenvalue weighted by Crippen LogP contribution is 2.26. The molecule has 0 amide bonds. The minimum Gasteiger partial charge on any atom is -0.313 e. The zero-order valence-electron chi connectivity index (χ0n) is 12.3. The number of fused-ring (bicyclic) bond motifs is 1. The number of aryl methyl sites for hydroxylation is 1. The van der Waals surface area contributed by atoms with E-state index < -0.39 is 0 Å². The largest absolute Gasteiger partial charge is 0.313 e. The molecule has 1 N–H and O–H groups in total. The fourth-order valence-electron chi connectivity index (χ4n) is 2.84. The Morgan fingerprint density at radius 1 is 0.952 bits per heavy atom. The number of hydrogen-bond acceptors (Lipinski definition) is 2. The van der Waals surface area contributed by atoms with E-state index in [0.29, 0.717) is 6.04 Å². The van der Waals surface area contributed by atoms with E-state index >= 15 is 0 Å². The van der Waals surface area contributed by atoms with Crippen LogP contribution in [0.3, 0.4) is 0 Å². The van der Waals surface area contributed by atoms with Gasteiger partial charge in [-0.05, 0) is 43.1 Å². The predicted molar refractivity (Wildman–Crippen MR) is 88.3 cm³/mol. The van der Waals surface area contributed by atoms with Gasteiger partial charge in [0, 0.05) is 17.6 Å². The van der Waals surface area contributed by atoms with Gasteiger partial charge in [-0.3, -0.25) is 4.98 Å². The van der Waals surface area contributed by atoms with Gasteiger partial charge in [-0.15, -0.1) is 0 Å². The molecular formula is C19H20N2. The Bertz CT molecular complexity index is 702. The normalized spacial score (nSPS) is 12.4. The molecule has 0 aliphatic heterocycles. The van der Waals surface area contributed by atoms with Crippen LogP contribution < -0.4 is 5.32 Å². The summed E-state index contributed by atoms with van der Waals surface area (Å²) in [6.45, 7) is 0. The highest BCUT2D eigenvalue weighted by Gasteiger charge is 2.12. The number of nitrogens with zero attached hydrogens (tertiary/aromatic N) is 1. The van der Waals surface area contributed by atoms with Crippen LogP contribution in [-0.4, -0.2) is 12.0 Å². The molecule has 3 rings (SSSR count). The van der Waals surface area contributed by atoms with Crippen molar-refractivity contribution in [3.63, 3.8) is 0 Å². The number of pyridine rings is 1. The van der Waals surface area contributed by atoms with Crippen molar-refractivity contribution in [3.05, 3.63) is 78.0 Å². The van der Waals surface area contributed by atoms with Crippen LogP contribution >= 0.6 is 0 Å². The molecule has 0 radical (unpaired) electrons. The third-order valence-corrected chi connectivity index (χ3v) is 3.97. The Morgan fingerprint density at radius 3 is 2.62 bits per heavy atom. The van der Waals surface area contributed by atoms with Crippen molar-refractivity contribution in [1.29, 1.82) is 0 Å². The van der Waals surface area contributed by atoms with Gasteiger partial charge in [0.2, 0.25) is 0 Å². The first-order chi connectivity index (χ1) is 10.4. The first-order valence-electron chi connectivity index (χ1n) is 7.43. The van der Waals surface area contributed by atoms with Crippen molar-refractivity contribution in [3.8, 4) is 0 Å². The van der Waals surface area contributed by atoms with Crippen LogP contribution in [0.5, 0.6) is 0 Å². The number of nitrogens with one attached hydrogen (secondary N) is 1. The minimum absolute atomic E-state index is 0.345. The Labute approximate surface area is 125 Å². The van der Waals surface area contributed by atoms with Crippen LogP contribution in [-0.2, 0) is 6.42 Å². The molecule has 1 heterocycles. The van der Waals surface area contributed by atoms with Crippen LogP contribution in [0.25, 0.3) is 10.9 Å². The first kappa shape index (κ1) is 13.8. The average molecular weight is 276 g/mol. The van der Waals surface area contributed by atoms with Crippen LogP contribution in [0.4, 0.5) is 0 Å². The molecule has 2 nitrogen and oxygen atoms in total. The molecule has 2 heteroatoms. The smallest absolute Gasteiger partial charge is 0.0705 e. The lowest BCUT2D eigenvalue weighted by Gasteiger charge is -2.18. The van der Waals surface area contributed by atoms with Gasteiger partial charge >= 0.3 is 0 Å². The van der Waals surface area contributed by atoms with E-state index in [-0.39, 0.29) is 0 Å². The SMILES string of the molecule is CNC(CCc1ccccc1)c1cccc2ncccc12. The molecule has 0 bridgehead atoms. The molecule has 0 saturated heterocycles. The van der Waals surface area contributed by atoms with Crippen molar-refractivity contribution in [1.82, 2.24) is 10.3 Å². The summed E-state index contributed by atoms with van der Waals surface area (Å²) in [4.78, 5) is 4.45. The van der Waals surface area contributed by atoms with Crippen molar-refractivity contribution in [2.75, 3.05) is 7.05 Å². The quantitative estimate of drug-likeness (QED) is 0.758. The molecule has 1 unspecified atom stereocenters. The van der Waals surface area contributed by atoms with Gasteiger partial charge in [-0.25, -0.2) is 0 Å². The fourth-order valence-corrected chi connectivity index (χ4v) is 2.84. The van der Waals surface area contributed by atoms with Gasteiger partial charge in [0.05, 0.1) is 5.52 Å².